The van der Waals surface area contributed by atoms with E-state index in [-0.39, 0.29) is 11.6 Å². The van der Waals surface area contributed by atoms with E-state index >= 15 is 0 Å². The first kappa shape index (κ1) is 19.8. The van der Waals surface area contributed by atoms with Gasteiger partial charge in [-0.3, -0.25) is 4.90 Å². The van der Waals surface area contributed by atoms with Crippen molar-refractivity contribution in [1.29, 1.82) is 0 Å². The molecule has 2 aromatic carbocycles. The molecule has 5 nitrogen and oxygen atoms in total. The molecule has 1 saturated heterocycles. The third kappa shape index (κ3) is 6.02. The lowest BCUT2D eigenvalue weighted by molar-refractivity contribution is 0.159. The maximum Gasteiger partial charge on any atom is 0.214 e. The lowest BCUT2D eigenvalue weighted by atomic mass is 10.2. The van der Waals surface area contributed by atoms with E-state index in [1.807, 2.05) is 30.3 Å². The standard InChI is InChI=1S/C20H25FN2O3S/c21-19-6-8-20(9-7-19)26-16-15-22-11-13-23(14-12-22)27(24,25)17-10-18-4-2-1-3-5-18/h1-9H,10-17H2. The van der Waals surface area contributed by atoms with Gasteiger partial charge in [0.1, 0.15) is 18.2 Å². The van der Waals surface area contributed by atoms with Gasteiger partial charge in [0.2, 0.25) is 10.0 Å². The summed E-state index contributed by atoms with van der Waals surface area (Å²) in [7, 11) is -3.23. The van der Waals surface area contributed by atoms with Gasteiger partial charge in [0, 0.05) is 32.7 Å². The summed E-state index contributed by atoms with van der Waals surface area (Å²) in [4.78, 5) is 2.19. The number of hydrogen-bond donors (Lipinski definition) is 0. The molecule has 1 heterocycles. The second-order valence-corrected chi connectivity index (χ2v) is 8.68. The van der Waals surface area contributed by atoms with Crippen LogP contribution >= 0.6 is 0 Å². The number of ether oxygens (including phenoxy) is 1. The molecule has 0 radical (unpaired) electrons. The van der Waals surface area contributed by atoms with Crippen LogP contribution in [-0.4, -0.2) is 62.7 Å². The van der Waals surface area contributed by atoms with Gasteiger partial charge in [-0.05, 0) is 36.2 Å². The van der Waals surface area contributed by atoms with E-state index in [1.165, 1.54) is 12.1 Å². The first-order chi connectivity index (χ1) is 13.0. The zero-order valence-corrected chi connectivity index (χ0v) is 16.1. The molecule has 7 heteroatoms. The first-order valence-electron chi connectivity index (χ1n) is 9.15. The highest BCUT2D eigenvalue weighted by Gasteiger charge is 2.26. The molecule has 0 amide bonds. The fourth-order valence-corrected chi connectivity index (χ4v) is 4.55. The zero-order chi connectivity index (χ0) is 19.1. The van der Waals surface area contributed by atoms with E-state index in [1.54, 1.807) is 16.4 Å². The maximum absolute atomic E-state index is 12.9. The first-order valence-corrected chi connectivity index (χ1v) is 10.8. The van der Waals surface area contributed by atoms with Gasteiger partial charge in [0.15, 0.2) is 0 Å². The summed E-state index contributed by atoms with van der Waals surface area (Å²) in [5.74, 6) is 0.496. The largest absolute Gasteiger partial charge is 0.492 e. The zero-order valence-electron chi connectivity index (χ0n) is 15.3. The summed E-state index contributed by atoms with van der Waals surface area (Å²) < 4.78 is 45.2. The summed E-state index contributed by atoms with van der Waals surface area (Å²) >= 11 is 0. The van der Waals surface area contributed by atoms with Gasteiger partial charge < -0.3 is 4.74 Å². The molecule has 146 valence electrons. The van der Waals surface area contributed by atoms with Gasteiger partial charge >= 0.3 is 0 Å². The molecule has 1 fully saturated rings. The van der Waals surface area contributed by atoms with E-state index in [4.69, 9.17) is 4.74 Å². The predicted octanol–water partition coefficient (Wildman–Crippen LogP) is 2.39. The van der Waals surface area contributed by atoms with Crippen LogP contribution < -0.4 is 4.74 Å². The number of benzene rings is 2. The Hall–Kier alpha value is -1.96. The minimum absolute atomic E-state index is 0.144. The predicted molar refractivity (Wildman–Crippen MR) is 104 cm³/mol. The Morgan fingerprint density at radius 3 is 2.26 bits per heavy atom. The third-order valence-electron chi connectivity index (χ3n) is 4.71. The third-order valence-corrected chi connectivity index (χ3v) is 6.58. The van der Waals surface area contributed by atoms with Crippen molar-refractivity contribution in [2.45, 2.75) is 6.42 Å². The highest BCUT2D eigenvalue weighted by atomic mass is 32.2. The van der Waals surface area contributed by atoms with E-state index in [9.17, 15) is 12.8 Å². The Bertz CT molecular complexity index is 805. The van der Waals surface area contributed by atoms with Gasteiger partial charge in [-0.15, -0.1) is 0 Å². The highest BCUT2D eigenvalue weighted by Crippen LogP contribution is 2.13. The molecule has 0 aliphatic carbocycles. The normalized spacial score (nSPS) is 16.3. The number of sulfonamides is 1. The van der Waals surface area contributed by atoms with Gasteiger partial charge in [-0.1, -0.05) is 30.3 Å². The van der Waals surface area contributed by atoms with Crippen molar-refractivity contribution in [3.8, 4) is 5.75 Å². The summed E-state index contributed by atoms with van der Waals surface area (Å²) in [6, 6.07) is 15.6. The lowest BCUT2D eigenvalue weighted by Crippen LogP contribution is -2.50. The molecule has 0 aromatic heterocycles. The summed E-state index contributed by atoms with van der Waals surface area (Å²) in [5.41, 5.74) is 1.04. The monoisotopic (exact) mass is 392 g/mol. The molecule has 0 N–H and O–H groups in total. The van der Waals surface area contributed by atoms with Crippen LogP contribution in [0.1, 0.15) is 5.56 Å². The van der Waals surface area contributed by atoms with Crippen LogP contribution in [0.4, 0.5) is 4.39 Å². The molecule has 0 saturated carbocycles. The van der Waals surface area contributed by atoms with Crippen molar-refractivity contribution in [2.75, 3.05) is 45.1 Å². The SMILES string of the molecule is O=S(=O)(CCc1ccccc1)N1CCN(CCOc2ccc(F)cc2)CC1. The molecule has 2 aromatic rings. The van der Waals surface area contributed by atoms with E-state index in [2.05, 4.69) is 4.90 Å². The maximum atomic E-state index is 12.9. The molecule has 0 spiro atoms. The number of hydrogen-bond acceptors (Lipinski definition) is 4. The van der Waals surface area contributed by atoms with E-state index in [0.29, 0.717) is 45.0 Å². The van der Waals surface area contributed by atoms with Crippen molar-refractivity contribution in [3.63, 3.8) is 0 Å². The van der Waals surface area contributed by atoms with Gasteiger partial charge in [0.05, 0.1) is 5.75 Å². The van der Waals surface area contributed by atoms with Gasteiger partial charge in [0.25, 0.3) is 0 Å². The Kier molecular flexibility index (Phi) is 6.82. The van der Waals surface area contributed by atoms with E-state index < -0.39 is 10.0 Å². The molecule has 3 rings (SSSR count). The minimum Gasteiger partial charge on any atom is -0.492 e. The fourth-order valence-electron chi connectivity index (χ4n) is 3.08. The molecular weight excluding hydrogens is 367 g/mol. The number of aryl methyl sites for hydroxylation is 1. The number of piperazine rings is 1. The van der Waals surface area contributed by atoms with Crippen LogP contribution in [0, 0.1) is 5.82 Å². The summed E-state index contributed by atoms with van der Waals surface area (Å²) in [6.07, 6.45) is 0.537. The van der Waals surface area contributed by atoms with Crippen molar-refractivity contribution in [3.05, 3.63) is 66.0 Å². The molecule has 1 aliphatic rings. The van der Waals surface area contributed by atoms with Crippen molar-refractivity contribution in [1.82, 2.24) is 9.21 Å². The van der Waals surface area contributed by atoms with Crippen LogP contribution in [0.25, 0.3) is 0 Å². The average Bonchev–Trinajstić information content (AvgIpc) is 2.69. The quantitative estimate of drug-likeness (QED) is 0.692. The second kappa shape index (κ2) is 9.30. The van der Waals surface area contributed by atoms with Crippen LogP contribution in [0.3, 0.4) is 0 Å². The number of halogens is 1. The van der Waals surface area contributed by atoms with Crippen molar-refractivity contribution in [2.24, 2.45) is 0 Å². The van der Waals surface area contributed by atoms with Crippen molar-refractivity contribution < 1.29 is 17.5 Å². The topological polar surface area (TPSA) is 49.9 Å². The molecule has 0 atom stereocenters. The lowest BCUT2D eigenvalue weighted by Gasteiger charge is -2.33. The Morgan fingerprint density at radius 2 is 1.59 bits per heavy atom. The van der Waals surface area contributed by atoms with Crippen molar-refractivity contribution >= 4 is 10.0 Å². The Morgan fingerprint density at radius 1 is 0.926 bits per heavy atom. The minimum atomic E-state index is -3.23. The number of rotatable bonds is 8. The van der Waals surface area contributed by atoms with Crippen LogP contribution in [0.2, 0.25) is 0 Å². The Labute approximate surface area is 160 Å². The van der Waals surface area contributed by atoms with Crippen LogP contribution in [0.5, 0.6) is 5.75 Å². The second-order valence-electron chi connectivity index (χ2n) is 6.59. The van der Waals surface area contributed by atoms with Gasteiger partial charge in [-0.2, -0.15) is 4.31 Å². The Balaban J connectivity index is 1.39. The molecule has 0 unspecified atom stereocenters. The molecule has 1 aliphatic heterocycles. The fraction of sp³-hybridized carbons (Fsp3) is 0.400. The highest BCUT2D eigenvalue weighted by molar-refractivity contribution is 7.89. The smallest absolute Gasteiger partial charge is 0.214 e. The molecule has 27 heavy (non-hydrogen) atoms. The molecule has 0 bridgehead atoms. The number of nitrogens with zero attached hydrogens (tertiary/aromatic N) is 2. The summed E-state index contributed by atoms with van der Waals surface area (Å²) in [5, 5.41) is 0. The summed E-state index contributed by atoms with van der Waals surface area (Å²) in [6.45, 7) is 3.61. The van der Waals surface area contributed by atoms with Crippen LogP contribution in [-0.2, 0) is 16.4 Å². The average molecular weight is 392 g/mol. The van der Waals surface area contributed by atoms with Gasteiger partial charge in [-0.25, -0.2) is 12.8 Å². The van der Waals surface area contributed by atoms with Crippen LogP contribution in [0.15, 0.2) is 54.6 Å². The van der Waals surface area contributed by atoms with E-state index in [0.717, 1.165) is 12.1 Å². The molecular formula is C20H25FN2O3S.